The summed E-state index contributed by atoms with van der Waals surface area (Å²) < 4.78 is 11.4. The van der Waals surface area contributed by atoms with Gasteiger partial charge in [-0.15, -0.1) is 0 Å². The zero-order valence-corrected chi connectivity index (χ0v) is 12.1. The fourth-order valence-electron chi connectivity index (χ4n) is 2.72. The van der Waals surface area contributed by atoms with Crippen molar-refractivity contribution in [1.29, 1.82) is 0 Å². The summed E-state index contributed by atoms with van der Waals surface area (Å²) in [5.41, 5.74) is 1.19. The Morgan fingerprint density at radius 3 is 2.95 bits per heavy atom. The Kier molecular flexibility index (Phi) is 6.45. The van der Waals surface area contributed by atoms with Crippen molar-refractivity contribution in [1.82, 2.24) is 5.32 Å². The second kappa shape index (κ2) is 8.39. The van der Waals surface area contributed by atoms with E-state index >= 15 is 0 Å². The normalized spacial score (nSPS) is 16.9. The third-order valence-corrected chi connectivity index (χ3v) is 3.89. The highest BCUT2D eigenvalue weighted by molar-refractivity contribution is 5.15. The van der Waals surface area contributed by atoms with Crippen molar-refractivity contribution in [2.45, 2.75) is 58.6 Å². The van der Waals surface area contributed by atoms with E-state index in [1.165, 1.54) is 37.7 Å². The van der Waals surface area contributed by atoms with Gasteiger partial charge in [-0.05, 0) is 37.8 Å². The molecule has 2 rings (SSSR count). The maximum atomic E-state index is 5.88. The first-order valence-corrected chi connectivity index (χ1v) is 7.74. The van der Waals surface area contributed by atoms with Gasteiger partial charge in [0.05, 0.1) is 19.4 Å². The SMILES string of the molecule is CCCNCc1occc1COCC1CCCCC1. The summed E-state index contributed by atoms with van der Waals surface area (Å²) in [5, 5.41) is 3.37. The van der Waals surface area contributed by atoms with E-state index in [0.29, 0.717) is 6.61 Å². The molecule has 108 valence electrons. The van der Waals surface area contributed by atoms with Crippen LogP contribution in [0.15, 0.2) is 16.7 Å². The lowest BCUT2D eigenvalue weighted by molar-refractivity contribution is 0.0730. The van der Waals surface area contributed by atoms with Gasteiger partial charge >= 0.3 is 0 Å². The Labute approximate surface area is 116 Å². The van der Waals surface area contributed by atoms with Crippen molar-refractivity contribution in [3.05, 3.63) is 23.7 Å². The average molecular weight is 265 g/mol. The molecular formula is C16H27NO2. The molecule has 0 aliphatic heterocycles. The molecule has 0 unspecified atom stereocenters. The number of furan rings is 1. The van der Waals surface area contributed by atoms with Crippen molar-refractivity contribution < 1.29 is 9.15 Å². The zero-order chi connectivity index (χ0) is 13.3. The van der Waals surface area contributed by atoms with Gasteiger partial charge in [0.1, 0.15) is 5.76 Å². The summed E-state index contributed by atoms with van der Waals surface area (Å²) in [4.78, 5) is 0. The maximum absolute atomic E-state index is 5.88. The molecule has 0 bridgehead atoms. The highest BCUT2D eigenvalue weighted by Gasteiger charge is 2.14. The Morgan fingerprint density at radius 2 is 2.16 bits per heavy atom. The second-order valence-corrected chi connectivity index (χ2v) is 5.56. The van der Waals surface area contributed by atoms with Gasteiger partial charge in [0, 0.05) is 12.2 Å². The highest BCUT2D eigenvalue weighted by Crippen LogP contribution is 2.24. The van der Waals surface area contributed by atoms with Crippen LogP contribution in [-0.2, 0) is 17.9 Å². The molecule has 1 aromatic heterocycles. The van der Waals surface area contributed by atoms with Crippen LogP contribution in [0.25, 0.3) is 0 Å². The Morgan fingerprint density at radius 1 is 1.32 bits per heavy atom. The van der Waals surface area contributed by atoms with Crippen LogP contribution in [0.5, 0.6) is 0 Å². The van der Waals surface area contributed by atoms with Crippen LogP contribution in [0.3, 0.4) is 0 Å². The predicted molar refractivity (Wildman–Crippen MR) is 76.9 cm³/mol. The van der Waals surface area contributed by atoms with Gasteiger partial charge in [0.2, 0.25) is 0 Å². The summed E-state index contributed by atoms with van der Waals surface area (Å²) in [7, 11) is 0. The van der Waals surface area contributed by atoms with E-state index in [1.807, 2.05) is 6.07 Å². The molecule has 1 saturated carbocycles. The largest absolute Gasteiger partial charge is 0.468 e. The number of hydrogen-bond acceptors (Lipinski definition) is 3. The topological polar surface area (TPSA) is 34.4 Å². The summed E-state index contributed by atoms with van der Waals surface area (Å²) in [6.07, 6.45) is 9.77. The molecule has 0 atom stereocenters. The van der Waals surface area contributed by atoms with Gasteiger partial charge in [-0.25, -0.2) is 0 Å². The lowest BCUT2D eigenvalue weighted by atomic mass is 9.90. The van der Waals surface area contributed by atoms with E-state index in [2.05, 4.69) is 12.2 Å². The molecule has 1 heterocycles. The van der Waals surface area contributed by atoms with E-state index in [9.17, 15) is 0 Å². The third kappa shape index (κ3) is 5.00. The number of hydrogen-bond donors (Lipinski definition) is 1. The van der Waals surface area contributed by atoms with Crippen molar-refractivity contribution in [3.63, 3.8) is 0 Å². The molecule has 0 aromatic carbocycles. The van der Waals surface area contributed by atoms with Gasteiger partial charge in [0.15, 0.2) is 0 Å². The van der Waals surface area contributed by atoms with Crippen LogP contribution in [0.2, 0.25) is 0 Å². The van der Waals surface area contributed by atoms with Crippen molar-refractivity contribution >= 4 is 0 Å². The van der Waals surface area contributed by atoms with Gasteiger partial charge < -0.3 is 14.5 Å². The van der Waals surface area contributed by atoms with Crippen LogP contribution in [0, 0.1) is 5.92 Å². The van der Waals surface area contributed by atoms with E-state index in [4.69, 9.17) is 9.15 Å². The van der Waals surface area contributed by atoms with Crippen LogP contribution in [-0.4, -0.2) is 13.2 Å². The van der Waals surface area contributed by atoms with Crippen LogP contribution >= 0.6 is 0 Å². The standard InChI is InChI=1S/C16H27NO2/c1-2-9-17-11-16-15(8-10-19-16)13-18-12-14-6-4-3-5-7-14/h8,10,14,17H,2-7,9,11-13H2,1H3. The van der Waals surface area contributed by atoms with E-state index in [0.717, 1.165) is 37.8 Å². The number of ether oxygens (including phenoxy) is 1. The molecule has 0 amide bonds. The zero-order valence-electron chi connectivity index (χ0n) is 12.1. The van der Waals surface area contributed by atoms with Gasteiger partial charge in [-0.2, -0.15) is 0 Å². The second-order valence-electron chi connectivity index (χ2n) is 5.56. The first-order valence-electron chi connectivity index (χ1n) is 7.74. The number of rotatable bonds is 8. The van der Waals surface area contributed by atoms with Crippen molar-refractivity contribution in [3.8, 4) is 0 Å². The monoisotopic (exact) mass is 265 g/mol. The molecule has 19 heavy (non-hydrogen) atoms. The molecule has 0 radical (unpaired) electrons. The van der Waals surface area contributed by atoms with E-state index in [1.54, 1.807) is 6.26 Å². The molecule has 1 N–H and O–H groups in total. The minimum absolute atomic E-state index is 0.691. The summed E-state index contributed by atoms with van der Waals surface area (Å²) >= 11 is 0. The molecule has 0 spiro atoms. The molecule has 3 nitrogen and oxygen atoms in total. The minimum atomic E-state index is 0.691. The summed E-state index contributed by atoms with van der Waals surface area (Å²) in [6, 6.07) is 2.03. The van der Waals surface area contributed by atoms with Gasteiger partial charge in [0.25, 0.3) is 0 Å². The Hall–Kier alpha value is -0.800. The van der Waals surface area contributed by atoms with E-state index < -0.39 is 0 Å². The molecule has 1 fully saturated rings. The molecule has 1 aromatic rings. The fraction of sp³-hybridized carbons (Fsp3) is 0.750. The first kappa shape index (κ1) is 14.6. The van der Waals surface area contributed by atoms with E-state index in [-0.39, 0.29) is 0 Å². The maximum Gasteiger partial charge on any atom is 0.123 e. The van der Waals surface area contributed by atoms with Crippen LogP contribution in [0.1, 0.15) is 56.8 Å². The molecule has 1 aliphatic carbocycles. The van der Waals surface area contributed by atoms with Crippen LogP contribution in [0.4, 0.5) is 0 Å². The molecule has 3 heteroatoms. The Balaban J connectivity index is 1.68. The smallest absolute Gasteiger partial charge is 0.123 e. The summed E-state index contributed by atoms with van der Waals surface area (Å²) in [5.74, 6) is 1.81. The molecule has 1 aliphatic rings. The highest BCUT2D eigenvalue weighted by atomic mass is 16.5. The fourth-order valence-corrected chi connectivity index (χ4v) is 2.72. The first-order chi connectivity index (χ1) is 9.40. The minimum Gasteiger partial charge on any atom is -0.468 e. The quantitative estimate of drug-likeness (QED) is 0.724. The van der Waals surface area contributed by atoms with Gasteiger partial charge in [-0.1, -0.05) is 26.2 Å². The Bertz CT molecular complexity index is 342. The van der Waals surface area contributed by atoms with Crippen LogP contribution < -0.4 is 5.32 Å². The number of nitrogens with one attached hydrogen (secondary N) is 1. The lowest BCUT2D eigenvalue weighted by Crippen LogP contribution is -2.15. The molecule has 0 saturated heterocycles. The lowest BCUT2D eigenvalue weighted by Gasteiger charge is -2.21. The molecular weight excluding hydrogens is 238 g/mol. The predicted octanol–water partition coefficient (Wildman–Crippen LogP) is 3.88. The summed E-state index contributed by atoms with van der Waals surface area (Å²) in [6.45, 7) is 5.61. The van der Waals surface area contributed by atoms with Crippen molar-refractivity contribution in [2.24, 2.45) is 5.92 Å². The van der Waals surface area contributed by atoms with Gasteiger partial charge in [-0.3, -0.25) is 0 Å². The van der Waals surface area contributed by atoms with Crippen molar-refractivity contribution in [2.75, 3.05) is 13.2 Å². The third-order valence-electron chi connectivity index (χ3n) is 3.89. The average Bonchev–Trinajstić information content (AvgIpc) is 2.88.